The molecule has 2 aliphatic rings. The number of nitrogens with one attached hydrogen (secondary N) is 1. The fourth-order valence-electron chi connectivity index (χ4n) is 3.09. The molecule has 2 amide bonds. The van der Waals surface area contributed by atoms with Crippen LogP contribution >= 0.6 is 0 Å². The molecular formula is C17H12F3N3O5. The Labute approximate surface area is 155 Å². The number of halogens is 3. The normalized spacial score (nSPS) is 19.4. The van der Waals surface area contributed by atoms with Crippen LogP contribution in [-0.4, -0.2) is 36.3 Å². The molecule has 3 heterocycles. The van der Waals surface area contributed by atoms with E-state index in [9.17, 15) is 27.6 Å². The zero-order chi connectivity index (χ0) is 20.2. The van der Waals surface area contributed by atoms with E-state index < -0.39 is 46.9 Å². The summed E-state index contributed by atoms with van der Waals surface area (Å²) in [6, 6.07) is 3.64. The maximum Gasteiger partial charge on any atom is 0.442 e. The average molecular weight is 395 g/mol. The van der Waals surface area contributed by atoms with Crippen LogP contribution in [0.25, 0.3) is 5.69 Å². The minimum atomic E-state index is -3.89. The predicted octanol–water partition coefficient (Wildman–Crippen LogP) is 1.49. The molecule has 0 saturated carbocycles. The molecule has 2 aromatic rings. The molecule has 0 bridgehead atoms. The molecule has 1 N–H and O–H groups in total. The zero-order valence-electron chi connectivity index (χ0n) is 14.2. The first-order valence-electron chi connectivity index (χ1n) is 8.05. The average Bonchev–Trinajstić information content (AvgIpc) is 3.02. The van der Waals surface area contributed by atoms with Crippen LogP contribution in [0.4, 0.5) is 23.7 Å². The Morgan fingerprint density at radius 3 is 2.75 bits per heavy atom. The molecule has 1 atom stereocenters. The largest absolute Gasteiger partial charge is 0.442 e. The second-order valence-corrected chi connectivity index (χ2v) is 6.11. The summed E-state index contributed by atoms with van der Waals surface area (Å²) in [7, 11) is 1.36. The number of likely N-dealkylation sites (N-methyl/N-ethyl adjacent to an activating group) is 1. The highest BCUT2D eigenvalue weighted by Gasteiger charge is 2.44. The van der Waals surface area contributed by atoms with Crippen molar-refractivity contribution in [2.45, 2.75) is 12.2 Å². The number of hydrogen-bond acceptors (Lipinski definition) is 5. The van der Waals surface area contributed by atoms with Crippen LogP contribution in [0.5, 0.6) is 5.75 Å². The Kier molecular flexibility index (Phi) is 3.84. The highest BCUT2D eigenvalue weighted by Crippen LogP contribution is 2.43. The van der Waals surface area contributed by atoms with Crippen LogP contribution in [0, 0.1) is 5.82 Å². The van der Waals surface area contributed by atoms with E-state index in [0.29, 0.717) is 6.07 Å². The fraction of sp³-hybridized carbons (Fsp3) is 0.235. The topological polar surface area (TPSA) is 89.9 Å². The molecule has 28 heavy (non-hydrogen) atoms. The number of anilines is 1. The first-order chi connectivity index (χ1) is 13.2. The lowest BCUT2D eigenvalue weighted by atomic mass is 10.1. The number of ether oxygens (including phenoxy) is 2. The van der Waals surface area contributed by atoms with E-state index in [4.69, 9.17) is 4.74 Å². The number of cyclic esters (lactones) is 1. The Morgan fingerprint density at radius 1 is 1.29 bits per heavy atom. The van der Waals surface area contributed by atoms with Crippen LogP contribution < -0.4 is 20.4 Å². The van der Waals surface area contributed by atoms with Gasteiger partial charge in [-0.05, 0) is 0 Å². The van der Waals surface area contributed by atoms with Gasteiger partial charge in [-0.3, -0.25) is 14.5 Å². The second kappa shape index (κ2) is 6.01. The van der Waals surface area contributed by atoms with Crippen molar-refractivity contribution in [1.29, 1.82) is 0 Å². The minimum absolute atomic E-state index is 0.118. The lowest BCUT2D eigenvalue weighted by Crippen LogP contribution is -2.35. The maximum absolute atomic E-state index is 14.8. The van der Waals surface area contributed by atoms with Crippen molar-refractivity contribution in [3.05, 3.63) is 52.2 Å². The van der Waals surface area contributed by atoms with E-state index in [-0.39, 0.29) is 17.9 Å². The van der Waals surface area contributed by atoms with Gasteiger partial charge in [-0.15, -0.1) is 0 Å². The molecule has 1 aromatic carbocycles. The van der Waals surface area contributed by atoms with Crippen LogP contribution in [-0.2, 0) is 15.6 Å². The summed E-state index contributed by atoms with van der Waals surface area (Å²) in [5.41, 5.74) is -1.96. The van der Waals surface area contributed by atoms with Gasteiger partial charge in [0.15, 0.2) is 23.1 Å². The summed E-state index contributed by atoms with van der Waals surface area (Å²) in [6.07, 6.45) is -4.93. The van der Waals surface area contributed by atoms with Crippen molar-refractivity contribution >= 4 is 17.7 Å². The first kappa shape index (κ1) is 17.9. The van der Waals surface area contributed by atoms with Crippen LogP contribution in [0.3, 0.4) is 0 Å². The van der Waals surface area contributed by atoms with Crippen LogP contribution in [0.2, 0.25) is 0 Å². The summed E-state index contributed by atoms with van der Waals surface area (Å²) >= 11 is 0. The van der Waals surface area contributed by atoms with Gasteiger partial charge in [0.1, 0.15) is 11.4 Å². The third kappa shape index (κ3) is 2.66. The summed E-state index contributed by atoms with van der Waals surface area (Å²) in [6.45, 7) is -0.226. The molecular weight excluding hydrogens is 383 g/mol. The first-order valence-corrected chi connectivity index (χ1v) is 8.05. The van der Waals surface area contributed by atoms with Gasteiger partial charge in [-0.1, -0.05) is 0 Å². The lowest BCUT2D eigenvalue weighted by molar-refractivity contribution is -0.194. The van der Waals surface area contributed by atoms with Gasteiger partial charge in [-0.25, -0.2) is 9.18 Å². The van der Waals surface area contributed by atoms with E-state index in [1.165, 1.54) is 7.05 Å². The predicted molar refractivity (Wildman–Crippen MR) is 88.2 cm³/mol. The fourth-order valence-corrected chi connectivity index (χ4v) is 3.09. The summed E-state index contributed by atoms with van der Waals surface area (Å²) in [5.74, 6) is -2.06. The number of nitrogens with zero attached hydrogens (tertiary/aromatic N) is 2. The number of benzene rings is 1. The molecule has 1 saturated heterocycles. The van der Waals surface area contributed by atoms with Gasteiger partial charge in [-0.2, -0.15) is 8.78 Å². The quantitative estimate of drug-likeness (QED) is 0.832. The van der Waals surface area contributed by atoms with Crippen molar-refractivity contribution in [2.75, 3.05) is 18.5 Å². The maximum atomic E-state index is 14.8. The molecule has 0 spiro atoms. The number of carbonyl (C=O) groups excluding carboxylic acids is 2. The van der Waals surface area contributed by atoms with Gasteiger partial charge in [0.05, 0.1) is 12.2 Å². The SMILES string of the molecule is CNC(=O)[C@H]1CN(c2cc(F)c3c(c2)OC(F)(F)c2cc(=O)ccn2-3)C(=O)O1. The summed E-state index contributed by atoms with van der Waals surface area (Å²) < 4.78 is 53.8. The van der Waals surface area contributed by atoms with E-state index in [1.807, 2.05) is 0 Å². The van der Waals surface area contributed by atoms with Gasteiger partial charge >= 0.3 is 12.2 Å². The monoisotopic (exact) mass is 395 g/mol. The van der Waals surface area contributed by atoms with Crippen molar-refractivity contribution in [1.82, 2.24) is 9.88 Å². The number of pyridine rings is 1. The van der Waals surface area contributed by atoms with Gasteiger partial charge in [0.25, 0.3) is 5.91 Å². The highest BCUT2D eigenvalue weighted by molar-refractivity contribution is 5.95. The number of rotatable bonds is 2. The highest BCUT2D eigenvalue weighted by atomic mass is 19.3. The molecule has 1 fully saturated rings. The van der Waals surface area contributed by atoms with E-state index in [1.54, 1.807) is 0 Å². The number of amides is 2. The second-order valence-electron chi connectivity index (χ2n) is 6.11. The molecule has 0 aliphatic carbocycles. The van der Waals surface area contributed by atoms with Crippen LogP contribution in [0.1, 0.15) is 5.69 Å². The Hall–Kier alpha value is -3.50. The number of carbonyl (C=O) groups is 2. The minimum Gasteiger partial charge on any atom is -0.434 e. The molecule has 4 rings (SSSR count). The van der Waals surface area contributed by atoms with Crippen molar-refractivity contribution in [2.24, 2.45) is 0 Å². The van der Waals surface area contributed by atoms with E-state index in [2.05, 4.69) is 10.1 Å². The van der Waals surface area contributed by atoms with E-state index >= 15 is 0 Å². The Bertz CT molecular complexity index is 1070. The molecule has 2 aliphatic heterocycles. The van der Waals surface area contributed by atoms with Crippen molar-refractivity contribution in [3.8, 4) is 11.4 Å². The smallest absolute Gasteiger partial charge is 0.434 e. The van der Waals surface area contributed by atoms with Crippen molar-refractivity contribution in [3.63, 3.8) is 0 Å². The molecule has 146 valence electrons. The Balaban J connectivity index is 1.80. The molecule has 8 nitrogen and oxygen atoms in total. The van der Waals surface area contributed by atoms with Gasteiger partial charge in [0.2, 0.25) is 0 Å². The summed E-state index contributed by atoms with van der Waals surface area (Å²) in [5, 5.41) is 2.32. The summed E-state index contributed by atoms with van der Waals surface area (Å²) in [4.78, 5) is 36.0. The van der Waals surface area contributed by atoms with Gasteiger partial charge < -0.3 is 19.4 Å². The molecule has 1 aromatic heterocycles. The molecule has 0 radical (unpaired) electrons. The number of aromatic nitrogens is 1. The molecule has 0 unspecified atom stereocenters. The third-order valence-electron chi connectivity index (χ3n) is 4.38. The number of alkyl halides is 2. The number of fused-ring (bicyclic) bond motifs is 3. The third-order valence-corrected chi connectivity index (χ3v) is 4.38. The van der Waals surface area contributed by atoms with Crippen molar-refractivity contribution < 1.29 is 32.2 Å². The molecule has 11 heteroatoms. The van der Waals surface area contributed by atoms with Crippen LogP contribution in [0.15, 0.2) is 35.3 Å². The van der Waals surface area contributed by atoms with Gasteiger partial charge in [0, 0.05) is 37.5 Å². The number of hydrogen-bond donors (Lipinski definition) is 1. The zero-order valence-corrected chi connectivity index (χ0v) is 14.2. The lowest BCUT2D eigenvalue weighted by Gasteiger charge is -2.30. The Morgan fingerprint density at radius 2 is 2.04 bits per heavy atom. The van der Waals surface area contributed by atoms with E-state index in [0.717, 1.165) is 33.9 Å². The standard InChI is InChI=1S/C17H12F3N3O5/c1-21-15(25)12-7-23(16(26)27-12)8-4-10(18)14-11(5-8)28-17(19,20)13-6-9(24)2-3-22(13)14/h2-6,12H,7H2,1H3,(H,21,25)/t12-/m1/s1.